The predicted molar refractivity (Wildman–Crippen MR) is 240 cm³/mol. The van der Waals surface area contributed by atoms with Gasteiger partial charge in [-0.1, -0.05) is 60.7 Å². The number of alkyl carbamates (subject to hydrolysis) is 2. The molecule has 3 fully saturated rings. The van der Waals surface area contributed by atoms with Crippen LogP contribution in [0.15, 0.2) is 104 Å². The SMILES string of the molecule is C=C1C[C@@H](c2ncc(-c3ccc(-c4ccc5cc(-c6cnc([C@@H]7CCCN7C(=O)[C@@H](NC(=O)OC)C7CCOCC7)[nH]6)ccc5c4)cc3)[nH]2)N(C(=O)C(NC(=O)OC)c2cnccn2)C1. The summed E-state index contributed by atoms with van der Waals surface area (Å²) in [5.74, 6) is 0.791. The molecule has 3 aromatic carbocycles. The van der Waals surface area contributed by atoms with E-state index in [2.05, 4.69) is 90.7 Å². The van der Waals surface area contributed by atoms with Crippen LogP contribution < -0.4 is 10.6 Å². The van der Waals surface area contributed by atoms with E-state index in [-0.39, 0.29) is 29.5 Å². The van der Waals surface area contributed by atoms with Crippen LogP contribution in [0.1, 0.15) is 67.6 Å². The number of benzene rings is 3. The Kier molecular flexibility index (Phi) is 12.4. The molecule has 4 atom stereocenters. The Morgan fingerprint density at radius 2 is 1.35 bits per heavy atom. The average molecular weight is 879 g/mol. The summed E-state index contributed by atoms with van der Waals surface area (Å²) in [7, 11) is 2.54. The molecule has 4 amide bonds. The lowest BCUT2D eigenvalue weighted by Gasteiger charge is -2.34. The number of ether oxygens (including phenoxy) is 3. The minimum absolute atomic E-state index is 0.0361. The Morgan fingerprint density at radius 1 is 0.723 bits per heavy atom. The van der Waals surface area contributed by atoms with Crippen LogP contribution in [0.4, 0.5) is 9.59 Å². The number of methoxy groups -OCH3 is 2. The van der Waals surface area contributed by atoms with Crippen LogP contribution in [0, 0.1) is 5.92 Å². The molecule has 334 valence electrons. The Bertz CT molecular complexity index is 2710. The van der Waals surface area contributed by atoms with Crippen molar-refractivity contribution in [3.63, 3.8) is 0 Å². The first kappa shape index (κ1) is 42.9. The second-order valence-corrected chi connectivity index (χ2v) is 16.6. The van der Waals surface area contributed by atoms with Crippen LogP contribution in [-0.2, 0) is 23.8 Å². The highest BCUT2D eigenvalue weighted by atomic mass is 16.5. The minimum atomic E-state index is -1.11. The zero-order valence-electron chi connectivity index (χ0n) is 36.2. The van der Waals surface area contributed by atoms with Gasteiger partial charge in [-0.25, -0.2) is 19.6 Å². The van der Waals surface area contributed by atoms with Crippen molar-refractivity contribution in [3.8, 4) is 33.6 Å². The maximum atomic E-state index is 14.0. The summed E-state index contributed by atoms with van der Waals surface area (Å²) in [6.07, 6.45) is 10.1. The summed E-state index contributed by atoms with van der Waals surface area (Å²) in [5, 5.41) is 7.57. The summed E-state index contributed by atoms with van der Waals surface area (Å²) < 4.78 is 15.2. The lowest BCUT2D eigenvalue weighted by atomic mass is 9.90. The lowest BCUT2D eigenvalue weighted by Crippen LogP contribution is -2.53. The van der Waals surface area contributed by atoms with Gasteiger partial charge in [0.2, 0.25) is 5.91 Å². The van der Waals surface area contributed by atoms with Crippen LogP contribution in [0.5, 0.6) is 0 Å². The molecule has 6 aromatic rings. The number of fused-ring (bicyclic) bond motifs is 1. The topological polar surface area (TPSA) is 210 Å². The van der Waals surface area contributed by atoms with Gasteiger partial charge in [0, 0.05) is 44.3 Å². The van der Waals surface area contributed by atoms with E-state index in [9.17, 15) is 19.2 Å². The third kappa shape index (κ3) is 9.04. The molecule has 0 spiro atoms. The number of carbonyl (C=O) groups excluding carboxylic acids is 4. The molecule has 17 nitrogen and oxygen atoms in total. The van der Waals surface area contributed by atoms with E-state index in [0.29, 0.717) is 51.4 Å². The van der Waals surface area contributed by atoms with Crippen LogP contribution in [0.25, 0.3) is 44.4 Å². The number of amides is 4. The number of nitrogens with one attached hydrogen (secondary N) is 4. The molecule has 9 rings (SSSR count). The maximum Gasteiger partial charge on any atom is 0.407 e. The average Bonchev–Trinajstić information content (AvgIpc) is 4.20. The summed E-state index contributed by atoms with van der Waals surface area (Å²) in [5.41, 5.74) is 6.82. The van der Waals surface area contributed by atoms with E-state index in [1.54, 1.807) is 11.1 Å². The molecule has 65 heavy (non-hydrogen) atoms. The first-order chi connectivity index (χ1) is 31.7. The van der Waals surface area contributed by atoms with Crippen LogP contribution in [0.2, 0.25) is 0 Å². The zero-order valence-corrected chi connectivity index (χ0v) is 36.2. The molecule has 3 saturated heterocycles. The monoisotopic (exact) mass is 878 g/mol. The molecule has 0 saturated carbocycles. The fraction of sp³-hybridized carbons (Fsp3) is 0.333. The molecule has 3 aliphatic heterocycles. The molecule has 17 heteroatoms. The van der Waals surface area contributed by atoms with Gasteiger partial charge < -0.3 is 44.6 Å². The second-order valence-electron chi connectivity index (χ2n) is 16.6. The van der Waals surface area contributed by atoms with Crippen LogP contribution in [0.3, 0.4) is 0 Å². The number of aromatic amines is 2. The van der Waals surface area contributed by atoms with E-state index < -0.39 is 30.3 Å². The first-order valence-corrected chi connectivity index (χ1v) is 21.7. The fourth-order valence-corrected chi connectivity index (χ4v) is 9.19. The van der Waals surface area contributed by atoms with Gasteiger partial charge >= 0.3 is 12.2 Å². The molecule has 4 N–H and O–H groups in total. The summed E-state index contributed by atoms with van der Waals surface area (Å²) in [6, 6.07) is 18.5. The van der Waals surface area contributed by atoms with Gasteiger partial charge in [-0.3, -0.25) is 19.6 Å². The molecule has 0 radical (unpaired) electrons. The molecular weight excluding hydrogens is 829 g/mol. The zero-order chi connectivity index (χ0) is 45.0. The highest BCUT2D eigenvalue weighted by Crippen LogP contribution is 2.37. The number of likely N-dealkylation sites (tertiary alicyclic amines) is 2. The van der Waals surface area contributed by atoms with Gasteiger partial charge in [0.05, 0.1) is 62.0 Å². The summed E-state index contributed by atoms with van der Waals surface area (Å²) in [6.45, 7) is 6.14. The van der Waals surface area contributed by atoms with Crippen molar-refractivity contribution in [2.45, 2.75) is 56.3 Å². The molecule has 3 aromatic heterocycles. The van der Waals surface area contributed by atoms with Crippen molar-refractivity contribution >= 4 is 34.8 Å². The second kappa shape index (κ2) is 18.8. The fourth-order valence-electron chi connectivity index (χ4n) is 9.19. The van der Waals surface area contributed by atoms with Crippen molar-refractivity contribution in [2.75, 3.05) is 40.5 Å². The number of nitrogens with zero attached hydrogens (tertiary/aromatic N) is 6. The number of aromatic nitrogens is 6. The van der Waals surface area contributed by atoms with Gasteiger partial charge in [-0.15, -0.1) is 0 Å². The van der Waals surface area contributed by atoms with Crippen molar-refractivity contribution in [1.82, 2.24) is 50.3 Å². The maximum absolute atomic E-state index is 14.0. The van der Waals surface area contributed by atoms with E-state index in [0.717, 1.165) is 68.7 Å². The van der Waals surface area contributed by atoms with Crippen LogP contribution in [-0.4, -0.2) is 110 Å². The van der Waals surface area contributed by atoms with Crippen LogP contribution >= 0.6 is 0 Å². The smallest absolute Gasteiger partial charge is 0.407 e. The van der Waals surface area contributed by atoms with Crippen molar-refractivity contribution in [2.24, 2.45) is 5.92 Å². The molecule has 0 bridgehead atoms. The van der Waals surface area contributed by atoms with Crippen molar-refractivity contribution in [3.05, 3.63) is 121 Å². The van der Waals surface area contributed by atoms with E-state index in [1.807, 2.05) is 23.2 Å². The van der Waals surface area contributed by atoms with Gasteiger partial charge in [0.25, 0.3) is 5.91 Å². The van der Waals surface area contributed by atoms with Crippen molar-refractivity contribution in [1.29, 1.82) is 0 Å². The Morgan fingerprint density at radius 3 is 2.05 bits per heavy atom. The standard InChI is InChI=1S/C48H50N10O7/c1-28-21-40(58(27-28)46(60)42(56-48(62)64-3)38-24-49-16-17-50-38)44-52-25-36(53-44)30-8-6-29(7-9-30)32-10-11-34-23-35(13-12-33(34)22-32)37-26-51-43(54-37)39-5-4-18-57(39)45(59)41(55-47(61)63-2)31-14-19-65-20-15-31/h6-13,16-17,22-26,31,39-42H,1,4-5,14-15,18-21,27H2,2-3H3,(H,51,54)(H,52,53)(H,55,61)(H,56,62)/t39-,40-,41-,42?/m0/s1. The highest BCUT2D eigenvalue weighted by Gasteiger charge is 2.41. The predicted octanol–water partition coefficient (Wildman–Crippen LogP) is 6.82. The van der Waals surface area contributed by atoms with Gasteiger partial charge in [-0.05, 0) is 77.6 Å². The van der Waals surface area contributed by atoms with E-state index in [1.165, 1.54) is 32.8 Å². The Hall–Kier alpha value is -7.40. The van der Waals surface area contributed by atoms with E-state index >= 15 is 0 Å². The molecule has 1 unspecified atom stereocenters. The third-order valence-electron chi connectivity index (χ3n) is 12.6. The number of hydrogen-bond acceptors (Lipinski definition) is 11. The molecule has 3 aliphatic rings. The van der Waals surface area contributed by atoms with Gasteiger partial charge in [0.1, 0.15) is 17.7 Å². The number of rotatable bonds is 11. The van der Waals surface area contributed by atoms with Gasteiger partial charge in [0.15, 0.2) is 6.04 Å². The lowest BCUT2D eigenvalue weighted by molar-refractivity contribution is -0.137. The number of hydrogen-bond donors (Lipinski definition) is 4. The Labute approximate surface area is 375 Å². The van der Waals surface area contributed by atoms with E-state index in [4.69, 9.17) is 19.2 Å². The normalized spacial score (nSPS) is 18.6. The Balaban J connectivity index is 0.876. The number of carbonyl (C=O) groups is 4. The number of H-pyrrole nitrogens is 2. The molecule has 6 heterocycles. The summed E-state index contributed by atoms with van der Waals surface area (Å²) in [4.78, 5) is 80.7. The third-order valence-corrected chi connectivity index (χ3v) is 12.6. The molecular formula is C48H50N10O7. The largest absolute Gasteiger partial charge is 0.453 e. The highest BCUT2D eigenvalue weighted by molar-refractivity contribution is 5.91. The number of imidazole rings is 2. The minimum Gasteiger partial charge on any atom is -0.453 e. The van der Waals surface area contributed by atoms with Gasteiger partial charge in [-0.2, -0.15) is 0 Å². The quantitative estimate of drug-likeness (QED) is 0.0993. The first-order valence-electron chi connectivity index (χ1n) is 21.7. The summed E-state index contributed by atoms with van der Waals surface area (Å²) >= 11 is 0. The van der Waals surface area contributed by atoms with Crippen molar-refractivity contribution < 1.29 is 33.4 Å². The molecule has 0 aliphatic carbocycles.